The van der Waals surface area contributed by atoms with E-state index >= 15 is 0 Å². The maximum atomic E-state index is 12.2. The van der Waals surface area contributed by atoms with Crippen molar-refractivity contribution in [2.45, 2.75) is 24.3 Å². The van der Waals surface area contributed by atoms with Crippen LogP contribution in [0.2, 0.25) is 0 Å². The molecule has 1 aliphatic rings. The van der Waals surface area contributed by atoms with Crippen LogP contribution in [0.1, 0.15) is 18.4 Å². The number of anilines is 1. The molecule has 5 heteroatoms. The predicted octanol–water partition coefficient (Wildman–Crippen LogP) is 2.77. The minimum absolute atomic E-state index is 0.295. The highest BCUT2D eigenvalue weighted by Crippen LogP contribution is 2.20. The number of nitrogens with one attached hydrogen (secondary N) is 1. The summed E-state index contributed by atoms with van der Waals surface area (Å²) in [6.07, 6.45) is 2.50. The lowest BCUT2D eigenvalue weighted by atomic mass is 10.2. The van der Waals surface area contributed by atoms with E-state index in [0.29, 0.717) is 11.4 Å². The van der Waals surface area contributed by atoms with Gasteiger partial charge in [0.1, 0.15) is 0 Å². The van der Waals surface area contributed by atoms with Crippen LogP contribution in [0.3, 0.4) is 0 Å². The van der Waals surface area contributed by atoms with Crippen LogP contribution in [0.15, 0.2) is 59.5 Å². The van der Waals surface area contributed by atoms with Gasteiger partial charge in [-0.2, -0.15) is 0 Å². The zero-order chi connectivity index (χ0) is 15.4. The molecule has 1 saturated heterocycles. The van der Waals surface area contributed by atoms with E-state index in [4.69, 9.17) is 0 Å². The number of sulfonamides is 1. The molecule has 0 unspecified atom stereocenters. The third-order valence-electron chi connectivity index (χ3n) is 3.93. The van der Waals surface area contributed by atoms with E-state index in [-0.39, 0.29) is 0 Å². The fourth-order valence-electron chi connectivity index (χ4n) is 2.66. The Morgan fingerprint density at radius 2 is 1.55 bits per heavy atom. The van der Waals surface area contributed by atoms with Gasteiger partial charge in [-0.1, -0.05) is 30.3 Å². The first-order valence-corrected chi connectivity index (χ1v) is 9.02. The minimum atomic E-state index is -3.44. The summed E-state index contributed by atoms with van der Waals surface area (Å²) >= 11 is 0. The molecular formula is C17H20N2O2S. The van der Waals surface area contributed by atoms with Crippen molar-refractivity contribution in [1.29, 1.82) is 0 Å². The van der Waals surface area contributed by atoms with Gasteiger partial charge in [-0.15, -0.1) is 0 Å². The van der Waals surface area contributed by atoms with Crippen molar-refractivity contribution < 1.29 is 8.42 Å². The lowest BCUT2D eigenvalue weighted by molar-refractivity contribution is 0.581. The Morgan fingerprint density at radius 1 is 0.909 bits per heavy atom. The van der Waals surface area contributed by atoms with Gasteiger partial charge in [0.15, 0.2) is 0 Å². The van der Waals surface area contributed by atoms with Gasteiger partial charge in [0.05, 0.1) is 4.90 Å². The van der Waals surface area contributed by atoms with Gasteiger partial charge in [0, 0.05) is 25.3 Å². The Balaban J connectivity index is 1.64. The average Bonchev–Trinajstić information content (AvgIpc) is 3.09. The van der Waals surface area contributed by atoms with Gasteiger partial charge in [0.2, 0.25) is 10.0 Å². The van der Waals surface area contributed by atoms with Crippen LogP contribution in [0.4, 0.5) is 5.69 Å². The molecule has 0 saturated carbocycles. The van der Waals surface area contributed by atoms with Gasteiger partial charge < -0.3 is 4.90 Å². The highest BCUT2D eigenvalue weighted by atomic mass is 32.2. The topological polar surface area (TPSA) is 49.4 Å². The molecule has 1 aliphatic heterocycles. The molecule has 0 spiro atoms. The first kappa shape index (κ1) is 15.1. The second kappa shape index (κ2) is 6.50. The summed E-state index contributed by atoms with van der Waals surface area (Å²) < 4.78 is 27.0. The van der Waals surface area contributed by atoms with Crippen LogP contribution in [0.5, 0.6) is 0 Å². The van der Waals surface area contributed by atoms with E-state index in [1.54, 1.807) is 30.3 Å². The van der Waals surface area contributed by atoms with Gasteiger partial charge in [-0.05, 0) is 42.7 Å². The van der Waals surface area contributed by atoms with Crippen LogP contribution in [0.25, 0.3) is 0 Å². The molecule has 4 nitrogen and oxygen atoms in total. The van der Waals surface area contributed by atoms with E-state index in [1.165, 1.54) is 18.5 Å². The van der Waals surface area contributed by atoms with Gasteiger partial charge >= 0.3 is 0 Å². The molecular weight excluding hydrogens is 296 g/mol. The summed E-state index contributed by atoms with van der Waals surface area (Å²) in [5.41, 5.74) is 2.18. The zero-order valence-electron chi connectivity index (χ0n) is 12.4. The smallest absolute Gasteiger partial charge is 0.240 e. The summed E-state index contributed by atoms with van der Waals surface area (Å²) in [7, 11) is -3.44. The van der Waals surface area contributed by atoms with Crippen LogP contribution >= 0.6 is 0 Å². The molecule has 0 aliphatic carbocycles. The van der Waals surface area contributed by atoms with Crippen molar-refractivity contribution in [3.8, 4) is 0 Å². The third-order valence-corrected chi connectivity index (χ3v) is 5.34. The van der Waals surface area contributed by atoms with Gasteiger partial charge in [0.25, 0.3) is 0 Å². The quantitative estimate of drug-likeness (QED) is 0.923. The fraction of sp³-hybridized carbons (Fsp3) is 0.294. The molecule has 0 amide bonds. The monoisotopic (exact) mass is 316 g/mol. The minimum Gasteiger partial charge on any atom is -0.372 e. The maximum absolute atomic E-state index is 12.2. The van der Waals surface area contributed by atoms with Gasteiger partial charge in [-0.3, -0.25) is 0 Å². The number of rotatable bonds is 5. The van der Waals surface area contributed by atoms with Crippen LogP contribution in [0, 0.1) is 0 Å². The van der Waals surface area contributed by atoms with Crippen LogP contribution in [-0.4, -0.2) is 21.5 Å². The molecule has 1 N–H and O–H groups in total. The highest BCUT2D eigenvalue weighted by Gasteiger charge is 2.14. The second-order valence-electron chi connectivity index (χ2n) is 5.50. The molecule has 2 aromatic carbocycles. The number of hydrogen-bond acceptors (Lipinski definition) is 3. The normalized spacial score (nSPS) is 15.2. The fourth-order valence-corrected chi connectivity index (χ4v) is 3.70. The highest BCUT2D eigenvalue weighted by molar-refractivity contribution is 7.89. The first-order valence-electron chi connectivity index (χ1n) is 7.54. The summed E-state index contributed by atoms with van der Waals surface area (Å²) in [5.74, 6) is 0. The van der Waals surface area contributed by atoms with E-state index in [1.807, 2.05) is 12.1 Å². The van der Waals surface area contributed by atoms with E-state index in [0.717, 1.165) is 18.7 Å². The summed E-state index contributed by atoms with van der Waals surface area (Å²) in [6.45, 7) is 2.53. The Hall–Kier alpha value is -1.85. The molecule has 0 bridgehead atoms. The molecule has 22 heavy (non-hydrogen) atoms. The van der Waals surface area contributed by atoms with E-state index in [9.17, 15) is 8.42 Å². The SMILES string of the molecule is O=S(=O)(NCc1ccc(N2CCCC2)cc1)c1ccccc1. The second-order valence-corrected chi connectivity index (χ2v) is 7.27. The van der Waals surface area contributed by atoms with Crippen molar-refractivity contribution in [1.82, 2.24) is 4.72 Å². The third kappa shape index (κ3) is 3.48. The Labute approximate surface area is 131 Å². The Bertz CT molecular complexity index is 706. The summed E-state index contributed by atoms with van der Waals surface area (Å²) in [6, 6.07) is 16.5. The molecule has 2 aromatic rings. The van der Waals surface area contributed by atoms with Crippen LogP contribution < -0.4 is 9.62 Å². The van der Waals surface area contributed by atoms with Crippen molar-refractivity contribution in [3.63, 3.8) is 0 Å². The molecule has 3 rings (SSSR count). The predicted molar refractivity (Wildman–Crippen MR) is 88.4 cm³/mol. The maximum Gasteiger partial charge on any atom is 0.240 e. The summed E-state index contributed by atoms with van der Waals surface area (Å²) in [4.78, 5) is 2.65. The molecule has 1 fully saturated rings. The number of hydrogen-bond donors (Lipinski definition) is 1. The van der Waals surface area contributed by atoms with Crippen molar-refractivity contribution in [3.05, 3.63) is 60.2 Å². The lowest BCUT2D eigenvalue weighted by Crippen LogP contribution is -2.23. The largest absolute Gasteiger partial charge is 0.372 e. The Kier molecular flexibility index (Phi) is 4.45. The van der Waals surface area contributed by atoms with Gasteiger partial charge in [-0.25, -0.2) is 13.1 Å². The van der Waals surface area contributed by atoms with E-state index < -0.39 is 10.0 Å². The standard InChI is InChI=1S/C17H20N2O2S/c20-22(21,17-6-2-1-3-7-17)18-14-15-8-10-16(11-9-15)19-12-4-5-13-19/h1-3,6-11,18H,4-5,12-14H2. The molecule has 1 heterocycles. The number of nitrogens with zero attached hydrogens (tertiary/aromatic N) is 1. The molecule has 0 atom stereocenters. The van der Waals surface area contributed by atoms with Crippen molar-refractivity contribution in [2.24, 2.45) is 0 Å². The van der Waals surface area contributed by atoms with Crippen molar-refractivity contribution >= 4 is 15.7 Å². The van der Waals surface area contributed by atoms with Crippen molar-refractivity contribution in [2.75, 3.05) is 18.0 Å². The van der Waals surface area contributed by atoms with Crippen LogP contribution in [-0.2, 0) is 16.6 Å². The zero-order valence-corrected chi connectivity index (χ0v) is 13.2. The summed E-state index contributed by atoms with van der Waals surface area (Å²) in [5, 5.41) is 0. The lowest BCUT2D eigenvalue weighted by Gasteiger charge is -2.17. The first-order chi connectivity index (χ1) is 10.6. The number of benzene rings is 2. The van der Waals surface area contributed by atoms with E-state index in [2.05, 4.69) is 21.8 Å². The molecule has 116 valence electrons. The molecule has 0 aromatic heterocycles. The molecule has 0 radical (unpaired) electrons. The Morgan fingerprint density at radius 3 is 2.18 bits per heavy atom. The average molecular weight is 316 g/mol.